The lowest BCUT2D eigenvalue weighted by Gasteiger charge is -2.32. The van der Waals surface area contributed by atoms with Gasteiger partial charge in [-0.1, -0.05) is 18.0 Å². The highest BCUT2D eigenvalue weighted by Crippen LogP contribution is 2.21. The zero-order valence-corrected chi connectivity index (χ0v) is 11.9. The van der Waals surface area contributed by atoms with Crippen LogP contribution in [0, 0.1) is 0 Å². The Morgan fingerprint density at radius 1 is 1.53 bits per heavy atom. The number of benzene rings is 1. The van der Waals surface area contributed by atoms with E-state index >= 15 is 0 Å². The molecule has 0 aliphatic carbocycles. The minimum Gasteiger partial charge on any atom is -0.383 e. The van der Waals surface area contributed by atoms with Gasteiger partial charge in [0.1, 0.15) is 0 Å². The molecule has 0 bridgehead atoms. The first-order valence-electron chi connectivity index (χ1n) is 6.61. The molecule has 0 radical (unpaired) electrons. The third-order valence-corrected chi connectivity index (χ3v) is 4.02. The second kappa shape index (κ2) is 6.26. The first kappa shape index (κ1) is 14.2. The van der Waals surface area contributed by atoms with E-state index in [1.807, 2.05) is 6.07 Å². The summed E-state index contributed by atoms with van der Waals surface area (Å²) >= 11 is 5.93. The molecule has 104 valence electrons. The molecule has 1 aromatic carbocycles. The number of hydrogen-bond donors (Lipinski definition) is 2. The molecule has 1 amide bonds. The molecule has 5 heteroatoms. The number of halogens is 1. The Bertz CT molecular complexity index is 464. The van der Waals surface area contributed by atoms with Crippen molar-refractivity contribution in [2.24, 2.45) is 5.73 Å². The van der Waals surface area contributed by atoms with Crippen LogP contribution < -0.4 is 11.1 Å². The summed E-state index contributed by atoms with van der Waals surface area (Å²) in [4.78, 5) is 13.6. The van der Waals surface area contributed by atoms with Gasteiger partial charge < -0.3 is 16.0 Å². The lowest BCUT2D eigenvalue weighted by atomic mass is 10.0. The summed E-state index contributed by atoms with van der Waals surface area (Å²) in [6.07, 6.45) is 3.77. The standard InChI is InChI=1S/C14H20ClN3O/c1-18-7-3-2-4-11(18)9-17-10-5-6-13(15)12(8-10)14(16)19/h5-6,8,11,17H,2-4,7,9H2,1H3,(H2,16,19). The molecule has 1 saturated heterocycles. The van der Waals surface area contributed by atoms with E-state index in [9.17, 15) is 4.79 Å². The number of likely N-dealkylation sites (tertiary alicyclic amines) is 1. The van der Waals surface area contributed by atoms with Gasteiger partial charge in [-0.25, -0.2) is 0 Å². The Labute approximate surface area is 118 Å². The van der Waals surface area contributed by atoms with E-state index in [1.54, 1.807) is 12.1 Å². The smallest absolute Gasteiger partial charge is 0.250 e. The number of nitrogens with two attached hydrogens (primary N) is 1. The van der Waals surface area contributed by atoms with E-state index in [0.717, 1.165) is 18.8 Å². The summed E-state index contributed by atoms with van der Waals surface area (Å²) in [6, 6.07) is 5.83. The molecule has 1 aliphatic rings. The first-order valence-corrected chi connectivity index (χ1v) is 6.99. The Morgan fingerprint density at radius 3 is 3.00 bits per heavy atom. The third kappa shape index (κ3) is 3.61. The average Bonchev–Trinajstić information content (AvgIpc) is 2.39. The van der Waals surface area contributed by atoms with Crippen molar-refractivity contribution in [1.82, 2.24) is 4.90 Å². The SMILES string of the molecule is CN1CCCCC1CNc1ccc(Cl)c(C(N)=O)c1. The van der Waals surface area contributed by atoms with Crippen LogP contribution in [0.25, 0.3) is 0 Å². The number of piperidine rings is 1. The summed E-state index contributed by atoms with van der Waals surface area (Å²) in [6.45, 7) is 2.02. The lowest BCUT2D eigenvalue weighted by Crippen LogP contribution is -2.40. The summed E-state index contributed by atoms with van der Waals surface area (Å²) in [5.74, 6) is -0.497. The molecule has 2 rings (SSSR count). The van der Waals surface area contributed by atoms with Crippen LogP contribution in [0.5, 0.6) is 0 Å². The van der Waals surface area contributed by atoms with Crippen molar-refractivity contribution in [3.8, 4) is 0 Å². The predicted molar refractivity (Wildman–Crippen MR) is 78.7 cm³/mol. The number of anilines is 1. The molecule has 0 saturated carbocycles. The van der Waals surface area contributed by atoms with Gasteiger partial charge in [-0.05, 0) is 44.6 Å². The fraction of sp³-hybridized carbons (Fsp3) is 0.500. The van der Waals surface area contributed by atoms with Crippen molar-refractivity contribution in [3.63, 3.8) is 0 Å². The van der Waals surface area contributed by atoms with Gasteiger partial charge in [-0.2, -0.15) is 0 Å². The molecule has 0 spiro atoms. The first-order chi connectivity index (χ1) is 9.08. The van der Waals surface area contributed by atoms with Crippen molar-refractivity contribution in [1.29, 1.82) is 0 Å². The van der Waals surface area contributed by atoms with Gasteiger partial charge in [0.2, 0.25) is 5.91 Å². The van der Waals surface area contributed by atoms with E-state index in [1.165, 1.54) is 19.3 Å². The number of amides is 1. The number of carbonyl (C=O) groups is 1. The molecule has 1 atom stereocenters. The van der Waals surface area contributed by atoms with Crippen molar-refractivity contribution in [3.05, 3.63) is 28.8 Å². The summed E-state index contributed by atoms with van der Waals surface area (Å²) in [5, 5.41) is 3.76. The number of nitrogens with zero attached hydrogens (tertiary/aromatic N) is 1. The lowest BCUT2D eigenvalue weighted by molar-refractivity contribution is 0.100. The predicted octanol–water partition coefficient (Wildman–Crippen LogP) is 2.34. The molecule has 1 fully saturated rings. The zero-order chi connectivity index (χ0) is 13.8. The summed E-state index contributed by atoms with van der Waals surface area (Å²) in [5.41, 5.74) is 6.54. The van der Waals surface area contributed by atoms with E-state index in [4.69, 9.17) is 17.3 Å². The maximum Gasteiger partial charge on any atom is 0.250 e. The number of hydrogen-bond acceptors (Lipinski definition) is 3. The Balaban J connectivity index is 1.99. The Hall–Kier alpha value is -1.26. The van der Waals surface area contributed by atoms with Crippen LogP contribution in [-0.4, -0.2) is 37.0 Å². The highest BCUT2D eigenvalue weighted by Gasteiger charge is 2.18. The largest absolute Gasteiger partial charge is 0.383 e. The highest BCUT2D eigenvalue weighted by atomic mass is 35.5. The van der Waals surface area contributed by atoms with Gasteiger partial charge in [0.15, 0.2) is 0 Å². The molecular weight excluding hydrogens is 262 g/mol. The molecule has 1 heterocycles. The molecule has 4 nitrogen and oxygen atoms in total. The second-order valence-electron chi connectivity index (χ2n) is 5.07. The Kier molecular flexibility index (Phi) is 4.66. The van der Waals surface area contributed by atoms with E-state index in [2.05, 4.69) is 17.3 Å². The fourth-order valence-electron chi connectivity index (χ4n) is 2.46. The van der Waals surface area contributed by atoms with E-state index < -0.39 is 5.91 Å². The third-order valence-electron chi connectivity index (χ3n) is 3.70. The Morgan fingerprint density at radius 2 is 2.32 bits per heavy atom. The quantitative estimate of drug-likeness (QED) is 0.891. The van der Waals surface area contributed by atoms with Crippen LogP contribution in [0.2, 0.25) is 5.02 Å². The molecule has 0 aromatic heterocycles. The molecule has 1 aliphatic heterocycles. The molecule has 19 heavy (non-hydrogen) atoms. The zero-order valence-electron chi connectivity index (χ0n) is 11.2. The van der Waals surface area contributed by atoms with Crippen LogP contribution in [0.15, 0.2) is 18.2 Å². The minimum atomic E-state index is -0.497. The number of nitrogens with one attached hydrogen (secondary N) is 1. The fourth-order valence-corrected chi connectivity index (χ4v) is 2.67. The summed E-state index contributed by atoms with van der Waals surface area (Å²) < 4.78 is 0. The van der Waals surface area contributed by atoms with Crippen LogP contribution in [-0.2, 0) is 0 Å². The average molecular weight is 282 g/mol. The van der Waals surface area contributed by atoms with Crippen LogP contribution in [0.1, 0.15) is 29.6 Å². The van der Waals surface area contributed by atoms with Crippen LogP contribution >= 0.6 is 11.6 Å². The van der Waals surface area contributed by atoms with Crippen molar-refractivity contribution >= 4 is 23.2 Å². The number of likely N-dealkylation sites (N-methyl/N-ethyl adjacent to an activating group) is 1. The summed E-state index contributed by atoms with van der Waals surface area (Å²) in [7, 11) is 2.15. The number of rotatable bonds is 4. The van der Waals surface area contributed by atoms with Gasteiger partial charge in [0.05, 0.1) is 10.6 Å². The monoisotopic (exact) mass is 281 g/mol. The highest BCUT2D eigenvalue weighted by molar-refractivity contribution is 6.33. The molecule has 1 aromatic rings. The molecule has 1 unspecified atom stereocenters. The number of carbonyl (C=O) groups excluding carboxylic acids is 1. The normalized spacial score (nSPS) is 20.2. The maximum absolute atomic E-state index is 11.2. The van der Waals surface area contributed by atoms with Gasteiger partial charge in [0.25, 0.3) is 0 Å². The molecule has 3 N–H and O–H groups in total. The molecular formula is C14H20ClN3O. The van der Waals surface area contributed by atoms with Gasteiger partial charge in [-0.3, -0.25) is 4.79 Å². The van der Waals surface area contributed by atoms with E-state index in [-0.39, 0.29) is 0 Å². The minimum absolute atomic E-state index is 0.365. The van der Waals surface area contributed by atoms with Gasteiger partial charge in [0, 0.05) is 18.3 Å². The van der Waals surface area contributed by atoms with E-state index in [0.29, 0.717) is 16.6 Å². The van der Waals surface area contributed by atoms with Gasteiger partial charge in [-0.15, -0.1) is 0 Å². The van der Waals surface area contributed by atoms with Gasteiger partial charge >= 0.3 is 0 Å². The topological polar surface area (TPSA) is 58.4 Å². The maximum atomic E-state index is 11.2. The van der Waals surface area contributed by atoms with Crippen molar-refractivity contribution in [2.75, 3.05) is 25.5 Å². The van der Waals surface area contributed by atoms with Crippen LogP contribution in [0.3, 0.4) is 0 Å². The second-order valence-corrected chi connectivity index (χ2v) is 5.48. The number of primary amides is 1. The van der Waals surface area contributed by atoms with Crippen molar-refractivity contribution < 1.29 is 4.79 Å². The van der Waals surface area contributed by atoms with Crippen LogP contribution in [0.4, 0.5) is 5.69 Å². The van der Waals surface area contributed by atoms with Crippen molar-refractivity contribution in [2.45, 2.75) is 25.3 Å².